The van der Waals surface area contributed by atoms with Crippen LogP contribution in [0.5, 0.6) is 0 Å². The number of amides is 2. The average Bonchev–Trinajstić information content (AvgIpc) is 3.24. The summed E-state index contributed by atoms with van der Waals surface area (Å²) >= 11 is 0. The fourth-order valence-corrected chi connectivity index (χ4v) is 6.00. The molecule has 0 spiro atoms. The van der Waals surface area contributed by atoms with E-state index in [1.54, 1.807) is 0 Å². The van der Waals surface area contributed by atoms with Gasteiger partial charge in [-0.3, -0.25) is 9.59 Å². The molecular formula is C27H31N3O5. The van der Waals surface area contributed by atoms with E-state index < -0.39 is 30.4 Å². The molecule has 2 heterocycles. The van der Waals surface area contributed by atoms with E-state index in [1.165, 1.54) is 0 Å². The van der Waals surface area contributed by atoms with E-state index in [1.807, 2.05) is 36.4 Å². The monoisotopic (exact) mass is 477 g/mol. The number of rotatable bonds is 7. The van der Waals surface area contributed by atoms with Gasteiger partial charge in [0, 0.05) is 24.0 Å². The molecule has 2 aromatic carbocycles. The average molecular weight is 478 g/mol. The first kappa shape index (κ1) is 23.4. The van der Waals surface area contributed by atoms with E-state index in [-0.39, 0.29) is 18.6 Å². The van der Waals surface area contributed by atoms with Crippen molar-refractivity contribution in [2.45, 2.75) is 62.2 Å². The van der Waals surface area contributed by atoms with E-state index in [9.17, 15) is 19.5 Å². The normalized spacial score (nSPS) is 23.7. The number of piperidine rings is 1. The highest BCUT2D eigenvalue weighted by atomic mass is 16.5. The van der Waals surface area contributed by atoms with Gasteiger partial charge in [-0.2, -0.15) is 0 Å². The van der Waals surface area contributed by atoms with E-state index in [4.69, 9.17) is 4.74 Å². The van der Waals surface area contributed by atoms with Gasteiger partial charge in [0.1, 0.15) is 12.6 Å². The van der Waals surface area contributed by atoms with Crippen molar-refractivity contribution in [3.63, 3.8) is 0 Å². The van der Waals surface area contributed by atoms with Gasteiger partial charge in [0.25, 0.3) is 0 Å². The van der Waals surface area contributed by atoms with Crippen LogP contribution in [-0.4, -0.2) is 65.8 Å². The SMILES string of the molecule is CN1C2CCC1CC(NC(=O)C(CC(=O)O)NC(=O)OCC1c3ccccc3-c3ccccc31)C2. The number of hydrogen-bond donors (Lipinski definition) is 3. The lowest BCUT2D eigenvalue weighted by molar-refractivity contribution is -0.140. The fourth-order valence-electron chi connectivity index (χ4n) is 6.00. The summed E-state index contributed by atoms with van der Waals surface area (Å²) in [7, 11) is 2.12. The van der Waals surface area contributed by atoms with Crippen molar-refractivity contribution in [3.05, 3.63) is 59.7 Å². The van der Waals surface area contributed by atoms with Gasteiger partial charge in [-0.15, -0.1) is 0 Å². The molecule has 3 aliphatic rings. The zero-order chi connectivity index (χ0) is 24.5. The van der Waals surface area contributed by atoms with E-state index in [0.717, 1.165) is 47.9 Å². The molecule has 2 fully saturated rings. The minimum absolute atomic E-state index is 0.0168. The highest BCUT2D eigenvalue weighted by molar-refractivity contribution is 5.89. The molecule has 2 aliphatic heterocycles. The number of carbonyl (C=O) groups is 3. The zero-order valence-corrected chi connectivity index (χ0v) is 19.8. The highest BCUT2D eigenvalue weighted by Crippen LogP contribution is 2.44. The first-order valence-electron chi connectivity index (χ1n) is 12.3. The standard InChI is InChI=1S/C27H31N3O5/c1-30-17-10-11-18(30)13-16(12-17)28-26(33)24(14-25(31)32)29-27(34)35-15-23-21-8-4-2-6-19(21)20-7-3-5-9-22(20)23/h2-9,16-18,23-24H,10-15H2,1H3,(H,28,33)(H,29,34)(H,31,32). The van der Waals surface area contributed by atoms with Gasteiger partial charge in [0.05, 0.1) is 6.42 Å². The predicted molar refractivity (Wildman–Crippen MR) is 130 cm³/mol. The van der Waals surface area contributed by atoms with Gasteiger partial charge in [0.2, 0.25) is 5.91 Å². The first-order chi connectivity index (χ1) is 16.9. The molecule has 184 valence electrons. The van der Waals surface area contributed by atoms with E-state index >= 15 is 0 Å². The van der Waals surface area contributed by atoms with E-state index in [2.05, 4.69) is 34.7 Å². The summed E-state index contributed by atoms with van der Waals surface area (Å²) in [5.41, 5.74) is 4.40. The van der Waals surface area contributed by atoms with Crippen LogP contribution in [-0.2, 0) is 14.3 Å². The number of carboxylic acids is 1. The van der Waals surface area contributed by atoms with Crippen LogP contribution < -0.4 is 10.6 Å². The topological polar surface area (TPSA) is 108 Å². The highest BCUT2D eigenvalue weighted by Gasteiger charge is 2.39. The molecule has 2 amide bonds. The number of carboxylic acid groups (broad SMARTS) is 1. The Morgan fingerprint density at radius 2 is 1.57 bits per heavy atom. The summed E-state index contributed by atoms with van der Waals surface area (Å²) in [4.78, 5) is 39.4. The molecule has 1 aliphatic carbocycles. The first-order valence-corrected chi connectivity index (χ1v) is 12.3. The van der Waals surface area contributed by atoms with Crippen LogP contribution in [0.4, 0.5) is 4.79 Å². The van der Waals surface area contributed by atoms with Crippen molar-refractivity contribution >= 4 is 18.0 Å². The second kappa shape index (κ2) is 9.70. The van der Waals surface area contributed by atoms with Crippen LogP contribution in [0.1, 0.15) is 49.1 Å². The number of aliphatic carboxylic acids is 1. The van der Waals surface area contributed by atoms with Crippen LogP contribution in [0.25, 0.3) is 11.1 Å². The Kier molecular flexibility index (Phi) is 6.47. The number of alkyl carbamates (subject to hydrolysis) is 1. The van der Waals surface area contributed by atoms with Gasteiger partial charge in [-0.25, -0.2) is 4.79 Å². The maximum absolute atomic E-state index is 12.9. The molecule has 2 aromatic rings. The molecule has 2 saturated heterocycles. The van der Waals surface area contributed by atoms with Crippen molar-refractivity contribution in [1.29, 1.82) is 0 Å². The summed E-state index contributed by atoms with van der Waals surface area (Å²) in [5, 5.41) is 14.8. The van der Waals surface area contributed by atoms with Crippen molar-refractivity contribution in [2.75, 3.05) is 13.7 Å². The van der Waals surface area contributed by atoms with Crippen molar-refractivity contribution in [2.24, 2.45) is 0 Å². The van der Waals surface area contributed by atoms with Crippen molar-refractivity contribution in [3.8, 4) is 11.1 Å². The van der Waals surface area contributed by atoms with Gasteiger partial charge in [-0.1, -0.05) is 48.5 Å². The number of nitrogens with one attached hydrogen (secondary N) is 2. The van der Waals surface area contributed by atoms with Crippen LogP contribution in [0.15, 0.2) is 48.5 Å². The molecule has 8 nitrogen and oxygen atoms in total. The second-order valence-electron chi connectivity index (χ2n) is 9.85. The molecule has 0 aromatic heterocycles. The molecule has 2 bridgehead atoms. The molecular weight excluding hydrogens is 446 g/mol. The Hall–Kier alpha value is -3.39. The van der Waals surface area contributed by atoms with Crippen molar-refractivity contribution in [1.82, 2.24) is 15.5 Å². The number of fused-ring (bicyclic) bond motifs is 5. The Labute approximate surface area is 204 Å². The lowest BCUT2D eigenvalue weighted by Gasteiger charge is -2.37. The van der Waals surface area contributed by atoms with Crippen LogP contribution in [0, 0.1) is 0 Å². The van der Waals surface area contributed by atoms with Crippen molar-refractivity contribution < 1.29 is 24.2 Å². The number of carbonyl (C=O) groups excluding carboxylic acids is 2. The molecule has 0 radical (unpaired) electrons. The molecule has 3 unspecified atom stereocenters. The van der Waals surface area contributed by atoms with Gasteiger partial charge >= 0.3 is 12.1 Å². The molecule has 5 rings (SSSR count). The maximum atomic E-state index is 12.9. The second-order valence-corrected chi connectivity index (χ2v) is 9.85. The van der Waals surface area contributed by atoms with E-state index in [0.29, 0.717) is 12.1 Å². The molecule has 8 heteroatoms. The molecule has 3 N–H and O–H groups in total. The summed E-state index contributed by atoms with van der Waals surface area (Å²) < 4.78 is 5.52. The lowest BCUT2D eigenvalue weighted by Crippen LogP contribution is -2.54. The lowest BCUT2D eigenvalue weighted by atomic mass is 9.97. The molecule has 0 saturated carbocycles. The van der Waals surface area contributed by atoms with Gasteiger partial charge in [-0.05, 0) is 55.0 Å². The zero-order valence-electron chi connectivity index (χ0n) is 19.8. The predicted octanol–water partition coefficient (Wildman–Crippen LogP) is 3.11. The summed E-state index contributed by atoms with van der Waals surface area (Å²) in [6, 6.07) is 15.7. The summed E-state index contributed by atoms with van der Waals surface area (Å²) in [6.07, 6.45) is 2.60. The maximum Gasteiger partial charge on any atom is 0.407 e. The van der Waals surface area contributed by atoms with Gasteiger partial charge in [0.15, 0.2) is 0 Å². The summed E-state index contributed by atoms with van der Waals surface area (Å²) in [6.45, 7) is 0.0968. The third kappa shape index (κ3) is 4.75. The minimum Gasteiger partial charge on any atom is -0.481 e. The molecule has 35 heavy (non-hydrogen) atoms. The quantitative estimate of drug-likeness (QED) is 0.566. The van der Waals surface area contributed by atoms with Gasteiger partial charge < -0.3 is 25.4 Å². The minimum atomic E-state index is -1.19. The summed E-state index contributed by atoms with van der Waals surface area (Å²) in [5.74, 6) is -1.75. The Morgan fingerprint density at radius 3 is 2.14 bits per heavy atom. The van der Waals surface area contributed by atoms with Crippen LogP contribution >= 0.6 is 0 Å². The number of ether oxygens (including phenoxy) is 1. The molecule has 3 atom stereocenters. The Morgan fingerprint density at radius 1 is 1.00 bits per heavy atom. The Bertz CT molecular complexity index is 1080. The number of benzene rings is 2. The number of hydrogen-bond acceptors (Lipinski definition) is 5. The smallest absolute Gasteiger partial charge is 0.407 e. The Balaban J connectivity index is 1.21. The largest absolute Gasteiger partial charge is 0.481 e. The van der Waals surface area contributed by atoms with Crippen LogP contribution in [0.3, 0.4) is 0 Å². The third-order valence-corrected chi connectivity index (χ3v) is 7.78. The van der Waals surface area contributed by atoms with Crippen LogP contribution in [0.2, 0.25) is 0 Å². The number of nitrogens with zero attached hydrogens (tertiary/aromatic N) is 1. The fraction of sp³-hybridized carbons (Fsp3) is 0.444. The third-order valence-electron chi connectivity index (χ3n) is 7.78.